The first-order valence-corrected chi connectivity index (χ1v) is 5.83. The van der Waals surface area contributed by atoms with Gasteiger partial charge in [0.25, 0.3) is 0 Å². The number of carbonyl (C=O) groups is 1. The molecule has 100 valence electrons. The van der Waals surface area contributed by atoms with Crippen LogP contribution in [0.25, 0.3) is 0 Å². The fraction of sp³-hybridized carbons (Fsp3) is 0.462. The molecule has 1 aromatic carbocycles. The molecule has 0 fully saturated rings. The molecule has 0 aromatic heterocycles. The van der Waals surface area contributed by atoms with Gasteiger partial charge in [-0.15, -0.1) is 0 Å². The maximum atomic E-state index is 12.1. The standard InChI is InChI=1S/C13H16F3NO/c1-2-6-11(10-7-4-3-5-8-10)12(18)17-9-13(14,15)16/h3-5,7-8,11H,2,6,9H2,1H3,(H,17,18)/t11-/m1/s1. The van der Waals surface area contributed by atoms with Crippen molar-refractivity contribution in [2.75, 3.05) is 6.54 Å². The molecule has 0 bridgehead atoms. The predicted octanol–water partition coefficient (Wildman–Crippen LogP) is 3.25. The van der Waals surface area contributed by atoms with E-state index in [-0.39, 0.29) is 0 Å². The van der Waals surface area contributed by atoms with Crippen LogP contribution in [0, 0.1) is 0 Å². The molecule has 1 atom stereocenters. The van der Waals surface area contributed by atoms with Crippen LogP contribution in [-0.4, -0.2) is 18.6 Å². The Hall–Kier alpha value is -1.52. The van der Waals surface area contributed by atoms with Crippen LogP contribution in [0.5, 0.6) is 0 Å². The molecule has 5 heteroatoms. The van der Waals surface area contributed by atoms with Gasteiger partial charge in [-0.1, -0.05) is 43.7 Å². The average molecular weight is 259 g/mol. The van der Waals surface area contributed by atoms with Crippen LogP contribution in [-0.2, 0) is 4.79 Å². The van der Waals surface area contributed by atoms with Crippen LogP contribution in [0.1, 0.15) is 31.2 Å². The molecule has 0 saturated carbocycles. The first-order valence-electron chi connectivity index (χ1n) is 5.83. The molecule has 1 amide bonds. The molecule has 0 aliphatic carbocycles. The van der Waals surface area contributed by atoms with Gasteiger partial charge in [0, 0.05) is 0 Å². The third-order valence-electron chi connectivity index (χ3n) is 2.56. The van der Waals surface area contributed by atoms with Gasteiger partial charge >= 0.3 is 6.18 Å². The van der Waals surface area contributed by atoms with E-state index in [0.29, 0.717) is 6.42 Å². The molecule has 0 radical (unpaired) electrons. The Morgan fingerprint density at radius 2 is 1.89 bits per heavy atom. The lowest BCUT2D eigenvalue weighted by molar-refractivity contribution is -0.139. The zero-order valence-corrected chi connectivity index (χ0v) is 10.1. The fourth-order valence-corrected chi connectivity index (χ4v) is 1.73. The van der Waals surface area contributed by atoms with Gasteiger partial charge in [-0.3, -0.25) is 4.79 Å². The summed E-state index contributed by atoms with van der Waals surface area (Å²) >= 11 is 0. The van der Waals surface area contributed by atoms with Gasteiger partial charge in [0.15, 0.2) is 0 Å². The van der Waals surface area contributed by atoms with Crippen LogP contribution in [0.4, 0.5) is 13.2 Å². The summed E-state index contributed by atoms with van der Waals surface area (Å²) in [5.41, 5.74) is 0.749. The quantitative estimate of drug-likeness (QED) is 0.864. The minimum absolute atomic E-state index is 0.515. The van der Waals surface area contributed by atoms with Crippen LogP contribution in [0.3, 0.4) is 0 Å². The van der Waals surface area contributed by atoms with Crippen molar-refractivity contribution < 1.29 is 18.0 Å². The minimum Gasteiger partial charge on any atom is -0.346 e. The Bertz CT molecular complexity index is 376. The van der Waals surface area contributed by atoms with E-state index in [9.17, 15) is 18.0 Å². The van der Waals surface area contributed by atoms with E-state index in [1.807, 2.05) is 12.2 Å². The molecule has 0 saturated heterocycles. The molecule has 0 aliphatic rings. The van der Waals surface area contributed by atoms with Gasteiger partial charge in [0.1, 0.15) is 6.54 Å². The maximum Gasteiger partial charge on any atom is 0.405 e. The number of rotatable bonds is 5. The summed E-state index contributed by atoms with van der Waals surface area (Å²) < 4.78 is 36.2. The van der Waals surface area contributed by atoms with E-state index in [0.717, 1.165) is 12.0 Å². The topological polar surface area (TPSA) is 29.1 Å². The van der Waals surface area contributed by atoms with E-state index in [2.05, 4.69) is 0 Å². The van der Waals surface area contributed by atoms with Crippen LogP contribution in [0.2, 0.25) is 0 Å². The lowest BCUT2D eigenvalue weighted by Crippen LogP contribution is -2.36. The second kappa shape index (κ2) is 6.42. The van der Waals surface area contributed by atoms with Crippen molar-refractivity contribution in [3.63, 3.8) is 0 Å². The molecule has 0 spiro atoms. The van der Waals surface area contributed by atoms with Crippen molar-refractivity contribution in [3.8, 4) is 0 Å². The molecular weight excluding hydrogens is 243 g/mol. The Morgan fingerprint density at radius 1 is 1.28 bits per heavy atom. The van der Waals surface area contributed by atoms with Gasteiger partial charge in [0.2, 0.25) is 5.91 Å². The Balaban J connectivity index is 2.70. The number of alkyl halides is 3. The third-order valence-corrected chi connectivity index (χ3v) is 2.56. The molecule has 1 aromatic rings. The number of nitrogens with one attached hydrogen (secondary N) is 1. The number of hydrogen-bond donors (Lipinski definition) is 1. The summed E-state index contributed by atoms with van der Waals surface area (Å²) in [5, 5.41) is 1.94. The number of carbonyl (C=O) groups excluding carboxylic acids is 1. The predicted molar refractivity (Wildman–Crippen MR) is 63.2 cm³/mol. The van der Waals surface area contributed by atoms with Gasteiger partial charge in [-0.25, -0.2) is 0 Å². The largest absolute Gasteiger partial charge is 0.405 e. The van der Waals surface area contributed by atoms with Crippen molar-refractivity contribution in [1.29, 1.82) is 0 Å². The first-order chi connectivity index (χ1) is 8.44. The summed E-state index contributed by atoms with van der Waals surface area (Å²) in [4.78, 5) is 11.8. The van der Waals surface area contributed by atoms with Crippen LogP contribution < -0.4 is 5.32 Å². The minimum atomic E-state index is -4.37. The number of hydrogen-bond acceptors (Lipinski definition) is 1. The lowest BCUT2D eigenvalue weighted by atomic mass is 9.94. The highest BCUT2D eigenvalue weighted by molar-refractivity contribution is 5.83. The van der Waals surface area contributed by atoms with Crippen molar-refractivity contribution in [1.82, 2.24) is 5.32 Å². The molecule has 1 rings (SSSR count). The highest BCUT2D eigenvalue weighted by atomic mass is 19.4. The highest BCUT2D eigenvalue weighted by Gasteiger charge is 2.29. The van der Waals surface area contributed by atoms with Crippen molar-refractivity contribution >= 4 is 5.91 Å². The molecule has 0 unspecified atom stereocenters. The molecule has 0 aliphatic heterocycles. The number of benzene rings is 1. The number of halogens is 3. The fourth-order valence-electron chi connectivity index (χ4n) is 1.73. The van der Waals surface area contributed by atoms with Gasteiger partial charge in [-0.05, 0) is 12.0 Å². The Morgan fingerprint density at radius 3 is 2.39 bits per heavy atom. The van der Waals surface area contributed by atoms with E-state index in [4.69, 9.17) is 0 Å². The van der Waals surface area contributed by atoms with Gasteiger partial charge < -0.3 is 5.32 Å². The summed E-state index contributed by atoms with van der Waals surface area (Å²) in [6.45, 7) is 0.617. The first kappa shape index (κ1) is 14.5. The summed E-state index contributed by atoms with van der Waals surface area (Å²) in [5.74, 6) is -1.08. The Labute approximate surface area is 104 Å². The van der Waals surface area contributed by atoms with E-state index in [1.54, 1.807) is 30.3 Å². The average Bonchev–Trinajstić information content (AvgIpc) is 2.33. The van der Waals surface area contributed by atoms with E-state index < -0.39 is 24.5 Å². The molecule has 2 nitrogen and oxygen atoms in total. The van der Waals surface area contributed by atoms with Crippen LogP contribution >= 0.6 is 0 Å². The molecule has 18 heavy (non-hydrogen) atoms. The van der Waals surface area contributed by atoms with Crippen molar-refractivity contribution in [2.45, 2.75) is 31.9 Å². The summed E-state index contributed by atoms with van der Waals surface area (Å²) in [7, 11) is 0. The highest BCUT2D eigenvalue weighted by Crippen LogP contribution is 2.22. The monoisotopic (exact) mass is 259 g/mol. The zero-order chi connectivity index (χ0) is 13.6. The maximum absolute atomic E-state index is 12.1. The van der Waals surface area contributed by atoms with Crippen molar-refractivity contribution in [2.24, 2.45) is 0 Å². The van der Waals surface area contributed by atoms with Crippen LogP contribution in [0.15, 0.2) is 30.3 Å². The SMILES string of the molecule is CCC[C@@H](C(=O)NCC(F)(F)F)c1ccccc1. The Kier molecular flexibility index (Phi) is 5.19. The summed E-state index contributed by atoms with van der Waals surface area (Å²) in [6.07, 6.45) is -3.10. The van der Waals surface area contributed by atoms with Gasteiger partial charge in [-0.2, -0.15) is 13.2 Å². The zero-order valence-electron chi connectivity index (χ0n) is 10.1. The normalized spacial score (nSPS) is 13.1. The molecule has 0 heterocycles. The van der Waals surface area contributed by atoms with Crippen molar-refractivity contribution in [3.05, 3.63) is 35.9 Å². The van der Waals surface area contributed by atoms with E-state index in [1.165, 1.54) is 0 Å². The molecule has 1 N–H and O–H groups in total. The number of amides is 1. The molecular formula is C13H16F3NO. The second-order valence-electron chi connectivity index (χ2n) is 4.08. The lowest BCUT2D eigenvalue weighted by Gasteiger charge is -2.17. The van der Waals surface area contributed by atoms with Gasteiger partial charge in [0.05, 0.1) is 5.92 Å². The third kappa shape index (κ3) is 4.77. The van der Waals surface area contributed by atoms with E-state index >= 15 is 0 Å². The smallest absolute Gasteiger partial charge is 0.346 e. The second-order valence-corrected chi connectivity index (χ2v) is 4.08. The summed E-state index contributed by atoms with van der Waals surface area (Å²) in [6, 6.07) is 8.87.